The summed E-state index contributed by atoms with van der Waals surface area (Å²) in [6.45, 7) is 1.58. The molecule has 2 aliphatic heterocycles. The summed E-state index contributed by atoms with van der Waals surface area (Å²) in [7, 11) is 0. The zero-order chi connectivity index (χ0) is 22.3. The summed E-state index contributed by atoms with van der Waals surface area (Å²) in [5.41, 5.74) is 5.98. The van der Waals surface area contributed by atoms with Crippen molar-refractivity contribution < 1.29 is 36.3 Å². The molecule has 9 nitrogen and oxygen atoms in total. The molecule has 1 fully saturated rings. The molecule has 168 valence electrons. The van der Waals surface area contributed by atoms with Gasteiger partial charge in [0.25, 0.3) is 0 Å². The minimum Gasteiger partial charge on any atom is -0.367 e. The smallest absolute Gasteiger partial charge is 0.367 e. The number of alkyl halides is 5. The van der Waals surface area contributed by atoms with Gasteiger partial charge in [-0.1, -0.05) is 0 Å². The van der Waals surface area contributed by atoms with E-state index in [-0.39, 0.29) is 57.0 Å². The Bertz CT molecular complexity index is 814. The lowest BCUT2D eigenvalue weighted by Crippen LogP contribution is -2.51. The van der Waals surface area contributed by atoms with Crippen molar-refractivity contribution in [2.45, 2.75) is 50.7 Å². The number of morpholine rings is 1. The normalized spacial score (nSPS) is 21.6. The molecule has 0 bridgehead atoms. The molecule has 0 radical (unpaired) electrons. The van der Waals surface area contributed by atoms with Gasteiger partial charge in [0.15, 0.2) is 5.82 Å². The number of fused-ring (bicyclic) bond motifs is 1. The van der Waals surface area contributed by atoms with Crippen LogP contribution in [-0.4, -0.2) is 80.9 Å². The summed E-state index contributed by atoms with van der Waals surface area (Å²) in [6.07, 6.45) is -6.08. The molecular formula is C16H21F5N6O3. The molecule has 2 atom stereocenters. The zero-order valence-corrected chi connectivity index (χ0v) is 16.0. The van der Waals surface area contributed by atoms with Gasteiger partial charge in [-0.25, -0.2) is 0 Å². The van der Waals surface area contributed by atoms with Crippen LogP contribution in [0.5, 0.6) is 0 Å². The van der Waals surface area contributed by atoms with Crippen molar-refractivity contribution in [3.8, 4) is 0 Å². The quantitative estimate of drug-likeness (QED) is 0.658. The second kappa shape index (κ2) is 8.06. The van der Waals surface area contributed by atoms with Crippen LogP contribution in [0.15, 0.2) is 0 Å². The lowest BCUT2D eigenvalue weighted by atomic mass is 10.1. The number of ether oxygens (including phenoxy) is 1. The van der Waals surface area contributed by atoms with Gasteiger partial charge in [0.2, 0.25) is 17.6 Å². The van der Waals surface area contributed by atoms with Crippen LogP contribution in [0.2, 0.25) is 0 Å². The SMILES string of the molecule is C[C@H]1CN(C[C@H](N)CC(=O)N2CCn3c(nnc3C(F)(F)C(F)(F)F)C2)C(=O)CO1. The molecule has 3 heterocycles. The van der Waals surface area contributed by atoms with E-state index in [9.17, 15) is 31.5 Å². The Morgan fingerprint density at radius 1 is 1.27 bits per heavy atom. The van der Waals surface area contributed by atoms with Gasteiger partial charge in [-0.15, -0.1) is 10.2 Å². The predicted octanol–water partition coefficient (Wildman–Crippen LogP) is 0.239. The first-order chi connectivity index (χ1) is 13.9. The van der Waals surface area contributed by atoms with Crippen LogP contribution in [-0.2, 0) is 33.3 Å². The van der Waals surface area contributed by atoms with Crippen molar-refractivity contribution in [2.24, 2.45) is 5.73 Å². The van der Waals surface area contributed by atoms with Crippen LogP contribution in [0.25, 0.3) is 0 Å². The van der Waals surface area contributed by atoms with Crippen LogP contribution < -0.4 is 5.73 Å². The van der Waals surface area contributed by atoms with Crippen LogP contribution in [0.3, 0.4) is 0 Å². The first kappa shape index (κ1) is 22.3. The molecule has 2 aliphatic rings. The Hall–Kier alpha value is -2.35. The largest absolute Gasteiger partial charge is 0.461 e. The van der Waals surface area contributed by atoms with Crippen molar-refractivity contribution in [3.63, 3.8) is 0 Å². The highest BCUT2D eigenvalue weighted by Gasteiger charge is 2.62. The standard InChI is InChI=1S/C16H21F5N6O3/c1-9-5-26(13(29)8-30-9)6-10(22)4-12(28)25-2-3-27-11(7-25)23-24-14(27)15(17,18)16(19,20)21/h9-10H,2-8,22H2,1H3/t9-,10+/m0/s1. The van der Waals surface area contributed by atoms with Crippen molar-refractivity contribution in [1.29, 1.82) is 0 Å². The van der Waals surface area contributed by atoms with Gasteiger partial charge in [0, 0.05) is 38.6 Å². The molecule has 0 aliphatic carbocycles. The van der Waals surface area contributed by atoms with Gasteiger partial charge < -0.3 is 24.8 Å². The molecule has 0 unspecified atom stereocenters. The highest BCUT2D eigenvalue weighted by Crippen LogP contribution is 2.43. The fraction of sp³-hybridized carbons (Fsp3) is 0.750. The van der Waals surface area contributed by atoms with Gasteiger partial charge in [-0.3, -0.25) is 9.59 Å². The average Bonchev–Trinajstić information content (AvgIpc) is 3.07. The Balaban J connectivity index is 1.60. The molecule has 1 aromatic rings. The molecule has 0 aromatic carbocycles. The van der Waals surface area contributed by atoms with E-state index in [2.05, 4.69) is 10.2 Å². The minimum absolute atomic E-state index is 0.0610. The van der Waals surface area contributed by atoms with Gasteiger partial charge >= 0.3 is 12.1 Å². The average molecular weight is 440 g/mol. The summed E-state index contributed by atoms with van der Waals surface area (Å²) >= 11 is 0. The van der Waals surface area contributed by atoms with Crippen molar-refractivity contribution >= 4 is 11.8 Å². The number of aromatic nitrogens is 3. The van der Waals surface area contributed by atoms with E-state index in [4.69, 9.17) is 10.5 Å². The lowest BCUT2D eigenvalue weighted by Gasteiger charge is -2.33. The van der Waals surface area contributed by atoms with Gasteiger partial charge in [-0.05, 0) is 6.92 Å². The molecule has 0 saturated carbocycles. The van der Waals surface area contributed by atoms with Gasteiger partial charge in [0.05, 0.1) is 12.6 Å². The Kier molecular flexibility index (Phi) is 6.00. The third-order valence-electron chi connectivity index (χ3n) is 4.96. The van der Waals surface area contributed by atoms with E-state index in [1.165, 1.54) is 9.80 Å². The number of amides is 2. The van der Waals surface area contributed by atoms with Crippen LogP contribution in [0, 0.1) is 0 Å². The lowest BCUT2D eigenvalue weighted by molar-refractivity contribution is -0.293. The van der Waals surface area contributed by atoms with Gasteiger partial charge in [0.1, 0.15) is 6.61 Å². The fourth-order valence-electron chi connectivity index (χ4n) is 3.38. The number of hydrogen-bond acceptors (Lipinski definition) is 6. The monoisotopic (exact) mass is 440 g/mol. The van der Waals surface area contributed by atoms with Gasteiger partial charge in [-0.2, -0.15) is 22.0 Å². The molecule has 2 N–H and O–H groups in total. The second-order valence-corrected chi connectivity index (χ2v) is 7.36. The number of halogens is 5. The topological polar surface area (TPSA) is 107 Å². The molecule has 1 saturated heterocycles. The second-order valence-electron chi connectivity index (χ2n) is 7.36. The number of carbonyl (C=O) groups excluding carboxylic acids is 2. The van der Waals surface area contributed by atoms with Crippen LogP contribution in [0.4, 0.5) is 22.0 Å². The first-order valence-electron chi connectivity index (χ1n) is 9.20. The van der Waals surface area contributed by atoms with Crippen LogP contribution >= 0.6 is 0 Å². The number of hydrogen-bond donors (Lipinski definition) is 1. The highest BCUT2D eigenvalue weighted by molar-refractivity contribution is 5.79. The maximum Gasteiger partial charge on any atom is 0.461 e. The van der Waals surface area contributed by atoms with Crippen molar-refractivity contribution in [2.75, 3.05) is 26.2 Å². The van der Waals surface area contributed by atoms with E-state index in [1.54, 1.807) is 6.92 Å². The summed E-state index contributed by atoms with van der Waals surface area (Å²) in [5, 5.41) is 6.41. The van der Waals surface area contributed by atoms with E-state index >= 15 is 0 Å². The fourth-order valence-corrected chi connectivity index (χ4v) is 3.38. The van der Waals surface area contributed by atoms with Crippen molar-refractivity contribution in [1.82, 2.24) is 24.6 Å². The Morgan fingerprint density at radius 3 is 2.63 bits per heavy atom. The predicted molar refractivity (Wildman–Crippen MR) is 90.0 cm³/mol. The molecule has 14 heteroatoms. The third-order valence-corrected chi connectivity index (χ3v) is 4.96. The molecule has 30 heavy (non-hydrogen) atoms. The summed E-state index contributed by atoms with van der Waals surface area (Å²) in [4.78, 5) is 27.1. The van der Waals surface area contributed by atoms with E-state index in [0.29, 0.717) is 11.1 Å². The molecule has 2 amide bonds. The maximum atomic E-state index is 13.6. The minimum atomic E-state index is -5.80. The zero-order valence-electron chi connectivity index (χ0n) is 16.0. The maximum absolute atomic E-state index is 13.6. The Labute approximate surface area is 167 Å². The summed E-state index contributed by atoms with van der Waals surface area (Å²) < 4.78 is 71.0. The highest BCUT2D eigenvalue weighted by atomic mass is 19.4. The van der Waals surface area contributed by atoms with Crippen molar-refractivity contribution in [3.05, 3.63) is 11.6 Å². The van der Waals surface area contributed by atoms with Crippen LogP contribution in [0.1, 0.15) is 25.0 Å². The molecule has 1 aromatic heterocycles. The summed E-state index contributed by atoms with van der Waals surface area (Å²) in [6, 6.07) is -0.670. The number of rotatable bonds is 5. The Morgan fingerprint density at radius 2 is 1.97 bits per heavy atom. The first-order valence-corrected chi connectivity index (χ1v) is 9.20. The number of nitrogens with zero attached hydrogens (tertiary/aromatic N) is 5. The van der Waals surface area contributed by atoms with E-state index in [0.717, 1.165) is 0 Å². The molecule has 0 spiro atoms. The number of carbonyl (C=O) groups is 2. The third kappa shape index (κ3) is 4.38. The van der Waals surface area contributed by atoms with E-state index in [1.807, 2.05) is 0 Å². The molecular weight excluding hydrogens is 419 g/mol. The number of nitrogens with two attached hydrogens (primary N) is 1. The van der Waals surface area contributed by atoms with E-state index < -0.39 is 29.9 Å². The summed E-state index contributed by atoms with van der Waals surface area (Å²) in [5.74, 6) is -7.46. The molecule has 3 rings (SSSR count).